The molecule has 3 aromatic rings. The minimum atomic E-state index is -2.28. The van der Waals surface area contributed by atoms with Crippen LogP contribution >= 0.6 is 0 Å². The van der Waals surface area contributed by atoms with Gasteiger partial charge < -0.3 is 9.59 Å². The fourth-order valence-electron chi connectivity index (χ4n) is 2.76. The molecule has 114 valence electrons. The Kier molecular flexibility index (Phi) is 3.53. The maximum absolute atomic E-state index is 10.3. The van der Waals surface area contributed by atoms with Gasteiger partial charge in [0.05, 0.1) is 0 Å². The predicted octanol–water partition coefficient (Wildman–Crippen LogP) is 2.80. The number of rotatable bonds is 2. The van der Waals surface area contributed by atoms with Crippen LogP contribution in [0.2, 0.25) is 26.2 Å². The van der Waals surface area contributed by atoms with Gasteiger partial charge in [-0.3, -0.25) is 0 Å². The van der Waals surface area contributed by atoms with Crippen molar-refractivity contribution < 1.29 is 9.59 Å². The first kappa shape index (κ1) is 15.4. The Morgan fingerprint density at radius 3 is 1.23 bits per heavy atom. The third-order valence-electron chi connectivity index (χ3n) is 4.21. The fourth-order valence-corrected chi connectivity index (χ4v) is 4.76. The lowest BCUT2D eigenvalue weighted by Crippen LogP contribution is -2.41. The van der Waals surface area contributed by atoms with Crippen molar-refractivity contribution in [3.05, 3.63) is 48.5 Å². The van der Waals surface area contributed by atoms with E-state index in [4.69, 9.17) is 0 Å². The third-order valence-corrected chi connectivity index (χ3v) is 7.66. The lowest BCUT2D eigenvalue weighted by atomic mass is 10.0. The van der Waals surface area contributed by atoms with Gasteiger partial charge in [-0.2, -0.15) is 0 Å². The number of fused-ring (bicyclic) bond motifs is 2. The molecule has 0 heterocycles. The number of hydrogen-bond acceptors (Lipinski definition) is 2. The van der Waals surface area contributed by atoms with Crippen molar-refractivity contribution in [1.29, 1.82) is 0 Å². The van der Waals surface area contributed by atoms with Crippen LogP contribution in [0.5, 0.6) is 0 Å². The summed E-state index contributed by atoms with van der Waals surface area (Å²) in [5, 5.41) is 6.77. The van der Waals surface area contributed by atoms with Crippen LogP contribution in [-0.2, 0) is 0 Å². The molecule has 22 heavy (non-hydrogen) atoms. The summed E-state index contributed by atoms with van der Waals surface area (Å²) in [5.41, 5.74) is 0. The molecule has 0 saturated carbocycles. The van der Waals surface area contributed by atoms with Gasteiger partial charge >= 0.3 is 0 Å². The Bertz CT molecular complexity index is 785. The van der Waals surface area contributed by atoms with E-state index in [9.17, 15) is 9.59 Å². The Morgan fingerprint density at radius 1 is 0.545 bits per heavy atom. The minimum absolute atomic E-state index is 1.06. The summed E-state index contributed by atoms with van der Waals surface area (Å²) in [4.78, 5) is 20.6. The highest BCUT2D eigenvalue weighted by molar-refractivity contribution is 6.83. The maximum atomic E-state index is 10.3. The van der Waals surface area contributed by atoms with Crippen LogP contribution in [0.1, 0.15) is 0 Å². The van der Waals surface area contributed by atoms with E-state index >= 15 is 0 Å². The van der Waals surface area contributed by atoms with E-state index in [0.29, 0.717) is 0 Å². The second-order valence-electron chi connectivity index (χ2n) is 7.09. The minimum Gasteiger partial charge on any atom is -0.428 e. The standard InChI is InChI=1S/C18H22O2Si2/c1-21(2,19)17-7-5-13-10-16-12-18(22(3,4)20)8-6-14(16)9-15(13)11-17/h5-12,19-20H,1-4H3. The molecular weight excluding hydrogens is 304 g/mol. The summed E-state index contributed by atoms with van der Waals surface area (Å²) in [7, 11) is -4.56. The fraction of sp³-hybridized carbons (Fsp3) is 0.222. The molecule has 0 amide bonds. The molecule has 0 fully saturated rings. The van der Waals surface area contributed by atoms with Gasteiger partial charge in [-0.15, -0.1) is 0 Å². The SMILES string of the molecule is C[Si](C)(O)c1ccc2cc3cc([Si](C)(C)O)ccc3cc2c1. The zero-order valence-corrected chi connectivity index (χ0v) is 15.5. The molecule has 0 bridgehead atoms. The van der Waals surface area contributed by atoms with E-state index in [2.05, 4.69) is 36.4 Å². The van der Waals surface area contributed by atoms with Crippen LogP contribution in [0, 0.1) is 0 Å². The molecule has 0 spiro atoms. The molecule has 0 saturated heterocycles. The molecule has 4 heteroatoms. The molecule has 3 aromatic carbocycles. The summed E-state index contributed by atoms with van der Waals surface area (Å²) >= 11 is 0. The van der Waals surface area contributed by atoms with Crippen LogP contribution in [0.25, 0.3) is 21.5 Å². The largest absolute Gasteiger partial charge is 0.428 e. The van der Waals surface area contributed by atoms with Gasteiger partial charge in [0, 0.05) is 0 Å². The molecule has 0 aliphatic heterocycles. The van der Waals surface area contributed by atoms with E-state index in [1.165, 1.54) is 10.8 Å². The van der Waals surface area contributed by atoms with E-state index < -0.39 is 16.6 Å². The molecule has 2 N–H and O–H groups in total. The highest BCUT2D eigenvalue weighted by atomic mass is 28.4. The van der Waals surface area contributed by atoms with E-state index in [1.807, 2.05) is 38.3 Å². The van der Waals surface area contributed by atoms with Crippen molar-refractivity contribution >= 4 is 48.6 Å². The summed E-state index contributed by atoms with van der Waals surface area (Å²) in [6.45, 7) is 7.76. The number of benzene rings is 3. The lowest BCUT2D eigenvalue weighted by molar-refractivity contribution is 0.567. The summed E-state index contributed by atoms with van der Waals surface area (Å²) in [6, 6.07) is 16.8. The van der Waals surface area contributed by atoms with Gasteiger partial charge in [-0.1, -0.05) is 36.4 Å². The zero-order valence-electron chi connectivity index (χ0n) is 13.5. The molecule has 2 nitrogen and oxygen atoms in total. The van der Waals surface area contributed by atoms with Crippen LogP contribution in [0.4, 0.5) is 0 Å². The normalized spacial score (nSPS) is 13.0. The molecule has 0 unspecified atom stereocenters. The predicted molar refractivity (Wildman–Crippen MR) is 100 cm³/mol. The van der Waals surface area contributed by atoms with Crippen LogP contribution in [0.3, 0.4) is 0 Å². The van der Waals surface area contributed by atoms with Crippen LogP contribution < -0.4 is 10.4 Å². The smallest absolute Gasteiger partial charge is 0.213 e. The summed E-state index contributed by atoms with van der Waals surface area (Å²) < 4.78 is 0. The highest BCUT2D eigenvalue weighted by Gasteiger charge is 2.21. The van der Waals surface area contributed by atoms with E-state index in [1.54, 1.807) is 0 Å². The number of hydrogen-bond donors (Lipinski definition) is 2. The summed E-state index contributed by atoms with van der Waals surface area (Å²) in [6.07, 6.45) is 0. The lowest BCUT2D eigenvalue weighted by Gasteiger charge is -2.17. The molecule has 0 aliphatic rings. The first-order chi connectivity index (χ1) is 10.1. The molecule has 0 aromatic heterocycles. The van der Waals surface area contributed by atoms with Crippen molar-refractivity contribution in [2.24, 2.45) is 0 Å². The Hall–Kier alpha value is -1.47. The van der Waals surface area contributed by atoms with E-state index in [-0.39, 0.29) is 0 Å². The molecule has 0 atom stereocenters. The average molecular weight is 327 g/mol. The second-order valence-corrected chi connectivity index (χ2v) is 14.5. The summed E-state index contributed by atoms with van der Waals surface area (Å²) in [5.74, 6) is 0. The van der Waals surface area contributed by atoms with Crippen molar-refractivity contribution in [2.75, 3.05) is 0 Å². The van der Waals surface area contributed by atoms with Gasteiger partial charge in [0.1, 0.15) is 0 Å². The van der Waals surface area contributed by atoms with Crippen LogP contribution in [-0.4, -0.2) is 26.2 Å². The Balaban J connectivity index is 2.22. The van der Waals surface area contributed by atoms with Crippen molar-refractivity contribution in [2.45, 2.75) is 26.2 Å². The Morgan fingerprint density at radius 2 is 0.909 bits per heavy atom. The van der Waals surface area contributed by atoms with Gasteiger partial charge in [-0.05, 0) is 70.2 Å². The van der Waals surface area contributed by atoms with Crippen LogP contribution in [0.15, 0.2) is 48.5 Å². The third kappa shape index (κ3) is 2.87. The van der Waals surface area contributed by atoms with Crippen molar-refractivity contribution in [3.8, 4) is 0 Å². The maximum Gasteiger partial charge on any atom is 0.213 e. The highest BCUT2D eigenvalue weighted by Crippen LogP contribution is 2.22. The second kappa shape index (κ2) is 5.03. The zero-order chi connectivity index (χ0) is 16.1. The first-order valence-corrected chi connectivity index (χ1v) is 13.5. The molecule has 3 rings (SSSR count). The van der Waals surface area contributed by atoms with Gasteiger partial charge in [-0.25, -0.2) is 0 Å². The topological polar surface area (TPSA) is 40.5 Å². The molecule has 0 aliphatic carbocycles. The first-order valence-electron chi connectivity index (χ1n) is 7.58. The van der Waals surface area contributed by atoms with Gasteiger partial charge in [0.25, 0.3) is 0 Å². The van der Waals surface area contributed by atoms with E-state index in [0.717, 1.165) is 21.1 Å². The van der Waals surface area contributed by atoms with Crippen molar-refractivity contribution in [3.63, 3.8) is 0 Å². The quantitative estimate of drug-likeness (QED) is 0.561. The molecule has 0 radical (unpaired) electrons. The Labute approximate surface area is 133 Å². The van der Waals surface area contributed by atoms with Crippen molar-refractivity contribution in [1.82, 2.24) is 0 Å². The van der Waals surface area contributed by atoms with Gasteiger partial charge in [0.15, 0.2) is 0 Å². The monoisotopic (exact) mass is 326 g/mol. The average Bonchev–Trinajstić information content (AvgIpc) is 2.41. The molecular formula is C18H22O2Si2. The van der Waals surface area contributed by atoms with Gasteiger partial charge in [0.2, 0.25) is 16.6 Å².